The van der Waals surface area contributed by atoms with Crippen LogP contribution < -0.4 is 21.9 Å². The summed E-state index contributed by atoms with van der Waals surface area (Å²) in [7, 11) is 0. The summed E-state index contributed by atoms with van der Waals surface area (Å²) in [6, 6.07) is -0.383. The van der Waals surface area contributed by atoms with Crippen molar-refractivity contribution in [1.29, 1.82) is 0 Å². The first kappa shape index (κ1) is 14.2. The van der Waals surface area contributed by atoms with Crippen LogP contribution in [0.4, 0.5) is 11.6 Å². The number of hydrazine groups is 1. The van der Waals surface area contributed by atoms with Gasteiger partial charge in [-0.25, -0.2) is 10.8 Å². The third-order valence-electron chi connectivity index (χ3n) is 2.22. The second-order valence-electron chi connectivity index (χ2n) is 4.44. The van der Waals surface area contributed by atoms with Gasteiger partial charge < -0.3 is 16.1 Å². The largest absolute Gasteiger partial charge is 0.357 e. The van der Waals surface area contributed by atoms with Crippen LogP contribution >= 0.6 is 0 Å². The maximum absolute atomic E-state index is 11.7. The van der Waals surface area contributed by atoms with Gasteiger partial charge in [-0.15, -0.1) is 0 Å². The number of nitrogens with zero attached hydrogens (tertiary/aromatic N) is 2. The summed E-state index contributed by atoms with van der Waals surface area (Å²) >= 11 is 0. The van der Waals surface area contributed by atoms with Gasteiger partial charge in [0.2, 0.25) is 5.91 Å². The van der Waals surface area contributed by atoms with Crippen LogP contribution in [0.1, 0.15) is 20.8 Å². The number of nitrogens with two attached hydrogens (primary N) is 1. The van der Waals surface area contributed by atoms with Gasteiger partial charge in [0.1, 0.15) is 11.9 Å². The summed E-state index contributed by atoms with van der Waals surface area (Å²) in [5, 5.41) is 5.80. The maximum Gasteiger partial charge on any atom is 0.242 e. The minimum absolute atomic E-state index is 0.0726. The predicted molar refractivity (Wildman–Crippen MR) is 70.8 cm³/mol. The van der Waals surface area contributed by atoms with E-state index in [0.29, 0.717) is 24.1 Å². The molecule has 0 aliphatic carbocycles. The minimum atomic E-state index is -0.383. The monoisotopic (exact) mass is 252 g/mol. The van der Waals surface area contributed by atoms with Crippen LogP contribution in [0.2, 0.25) is 0 Å². The van der Waals surface area contributed by atoms with E-state index in [1.807, 2.05) is 13.8 Å². The number of rotatable bonds is 6. The standard InChI is InChI=1S/C11H20N6O/c1-7(2)4-14-11(18)8(3)15-9-5-13-6-10(16-9)17-12/h5-8H,4,12H2,1-3H3,(H,14,18)(H2,15,16,17). The predicted octanol–water partition coefficient (Wildman–Crippen LogP) is 0.335. The van der Waals surface area contributed by atoms with Gasteiger partial charge in [-0.1, -0.05) is 13.8 Å². The van der Waals surface area contributed by atoms with Crippen LogP contribution in [-0.2, 0) is 4.79 Å². The Kier molecular flexibility index (Phi) is 5.31. The van der Waals surface area contributed by atoms with Crippen LogP contribution in [0, 0.1) is 5.92 Å². The van der Waals surface area contributed by atoms with E-state index in [0.717, 1.165) is 0 Å². The Labute approximate surface area is 107 Å². The topological polar surface area (TPSA) is 105 Å². The lowest BCUT2D eigenvalue weighted by Crippen LogP contribution is -2.39. The molecule has 100 valence electrons. The molecule has 0 bridgehead atoms. The summed E-state index contributed by atoms with van der Waals surface area (Å²) in [5.74, 6) is 6.52. The third kappa shape index (κ3) is 4.54. The lowest BCUT2D eigenvalue weighted by Gasteiger charge is -2.15. The highest BCUT2D eigenvalue weighted by atomic mass is 16.2. The molecule has 0 spiro atoms. The Bertz CT molecular complexity index is 395. The van der Waals surface area contributed by atoms with Gasteiger partial charge in [-0.05, 0) is 12.8 Å². The van der Waals surface area contributed by atoms with E-state index in [2.05, 4.69) is 26.0 Å². The molecule has 1 heterocycles. The normalized spacial score (nSPS) is 12.1. The Morgan fingerprint density at radius 2 is 2.00 bits per heavy atom. The lowest BCUT2D eigenvalue weighted by molar-refractivity contribution is -0.121. The fourth-order valence-corrected chi connectivity index (χ4v) is 1.25. The number of carbonyl (C=O) groups excluding carboxylic acids is 1. The molecule has 0 aliphatic heterocycles. The van der Waals surface area contributed by atoms with Crippen molar-refractivity contribution < 1.29 is 4.79 Å². The molecule has 7 heteroatoms. The van der Waals surface area contributed by atoms with Gasteiger partial charge in [0, 0.05) is 6.54 Å². The summed E-state index contributed by atoms with van der Waals surface area (Å²) in [4.78, 5) is 19.8. The van der Waals surface area contributed by atoms with Gasteiger partial charge in [-0.2, -0.15) is 0 Å². The molecule has 7 nitrogen and oxygen atoms in total. The number of carbonyl (C=O) groups is 1. The first-order chi connectivity index (χ1) is 8.52. The van der Waals surface area contributed by atoms with E-state index < -0.39 is 0 Å². The van der Waals surface area contributed by atoms with E-state index >= 15 is 0 Å². The van der Waals surface area contributed by atoms with Crippen LogP contribution in [0.25, 0.3) is 0 Å². The van der Waals surface area contributed by atoms with E-state index in [-0.39, 0.29) is 11.9 Å². The highest BCUT2D eigenvalue weighted by Crippen LogP contribution is 2.06. The number of aromatic nitrogens is 2. The molecule has 1 amide bonds. The molecule has 1 rings (SSSR count). The average molecular weight is 252 g/mol. The van der Waals surface area contributed by atoms with Crippen molar-refractivity contribution in [3.8, 4) is 0 Å². The Morgan fingerprint density at radius 1 is 1.33 bits per heavy atom. The smallest absolute Gasteiger partial charge is 0.242 e. The molecule has 1 aromatic rings. The Morgan fingerprint density at radius 3 is 2.61 bits per heavy atom. The molecule has 1 aromatic heterocycles. The van der Waals surface area contributed by atoms with Gasteiger partial charge in [0.25, 0.3) is 0 Å². The highest BCUT2D eigenvalue weighted by molar-refractivity contribution is 5.83. The van der Waals surface area contributed by atoms with Crippen LogP contribution in [-0.4, -0.2) is 28.5 Å². The number of hydrogen-bond donors (Lipinski definition) is 4. The summed E-state index contributed by atoms with van der Waals surface area (Å²) in [6.45, 7) is 6.50. The number of nitrogen functional groups attached to an aromatic ring is 1. The maximum atomic E-state index is 11.7. The van der Waals surface area contributed by atoms with Gasteiger partial charge in [0.15, 0.2) is 5.82 Å². The van der Waals surface area contributed by atoms with Crippen LogP contribution in [0.3, 0.4) is 0 Å². The minimum Gasteiger partial charge on any atom is -0.357 e. The molecule has 0 saturated carbocycles. The molecule has 1 atom stereocenters. The van der Waals surface area contributed by atoms with E-state index in [1.165, 1.54) is 12.4 Å². The van der Waals surface area contributed by atoms with Crippen molar-refractivity contribution in [1.82, 2.24) is 15.3 Å². The van der Waals surface area contributed by atoms with E-state index in [1.54, 1.807) is 6.92 Å². The zero-order chi connectivity index (χ0) is 13.5. The zero-order valence-electron chi connectivity index (χ0n) is 10.9. The number of hydrogen-bond acceptors (Lipinski definition) is 6. The summed E-state index contributed by atoms with van der Waals surface area (Å²) in [5.41, 5.74) is 2.40. The molecule has 5 N–H and O–H groups in total. The first-order valence-corrected chi connectivity index (χ1v) is 5.85. The van der Waals surface area contributed by atoms with Gasteiger partial charge in [0.05, 0.1) is 12.4 Å². The number of anilines is 2. The Balaban J connectivity index is 2.52. The SMILES string of the molecule is CC(C)CNC(=O)C(C)Nc1cncc(NN)n1. The molecule has 0 aromatic carbocycles. The van der Waals surface area contributed by atoms with Crippen LogP contribution in [0.15, 0.2) is 12.4 Å². The van der Waals surface area contributed by atoms with Crippen molar-refractivity contribution in [2.24, 2.45) is 11.8 Å². The molecule has 0 fully saturated rings. The Hall–Kier alpha value is -1.89. The molecular weight excluding hydrogens is 232 g/mol. The van der Waals surface area contributed by atoms with Crippen molar-refractivity contribution in [2.45, 2.75) is 26.8 Å². The average Bonchev–Trinajstić information content (AvgIpc) is 2.36. The molecule has 18 heavy (non-hydrogen) atoms. The van der Waals surface area contributed by atoms with Crippen molar-refractivity contribution in [2.75, 3.05) is 17.3 Å². The molecule has 1 unspecified atom stereocenters. The van der Waals surface area contributed by atoms with E-state index in [4.69, 9.17) is 5.84 Å². The molecular formula is C11H20N6O. The van der Waals surface area contributed by atoms with Crippen molar-refractivity contribution in [3.05, 3.63) is 12.4 Å². The van der Waals surface area contributed by atoms with Gasteiger partial charge >= 0.3 is 0 Å². The second-order valence-corrected chi connectivity index (χ2v) is 4.44. The summed E-state index contributed by atoms with van der Waals surface area (Å²) < 4.78 is 0. The quantitative estimate of drug-likeness (QED) is 0.430. The van der Waals surface area contributed by atoms with Crippen molar-refractivity contribution >= 4 is 17.5 Å². The molecule has 0 aliphatic rings. The molecule has 0 saturated heterocycles. The summed E-state index contributed by atoms with van der Waals surface area (Å²) in [6.07, 6.45) is 3.03. The fourth-order valence-electron chi connectivity index (χ4n) is 1.25. The highest BCUT2D eigenvalue weighted by Gasteiger charge is 2.13. The van der Waals surface area contributed by atoms with E-state index in [9.17, 15) is 4.79 Å². The number of nitrogens with one attached hydrogen (secondary N) is 3. The zero-order valence-corrected chi connectivity index (χ0v) is 10.9. The second kappa shape index (κ2) is 6.75. The number of amides is 1. The lowest BCUT2D eigenvalue weighted by atomic mass is 10.2. The van der Waals surface area contributed by atoms with Crippen LogP contribution in [0.5, 0.6) is 0 Å². The third-order valence-corrected chi connectivity index (χ3v) is 2.22. The van der Waals surface area contributed by atoms with Gasteiger partial charge in [-0.3, -0.25) is 9.78 Å². The molecule has 0 radical (unpaired) electrons. The fraction of sp³-hybridized carbons (Fsp3) is 0.545. The van der Waals surface area contributed by atoms with Crippen molar-refractivity contribution in [3.63, 3.8) is 0 Å². The first-order valence-electron chi connectivity index (χ1n) is 5.85.